The van der Waals surface area contributed by atoms with Gasteiger partial charge in [-0.15, -0.1) is 0 Å². The van der Waals surface area contributed by atoms with Crippen molar-refractivity contribution >= 4 is 17.5 Å². The van der Waals surface area contributed by atoms with Crippen molar-refractivity contribution in [3.8, 4) is 5.75 Å². The molecule has 2 aliphatic rings. The van der Waals surface area contributed by atoms with Crippen molar-refractivity contribution in [3.05, 3.63) is 17.7 Å². The summed E-state index contributed by atoms with van der Waals surface area (Å²) in [6.45, 7) is 11.4. The molecule has 1 amide bonds. The molecule has 2 N–H and O–H groups in total. The minimum absolute atomic E-state index is 0.0460. The van der Waals surface area contributed by atoms with E-state index < -0.39 is 5.60 Å². The third-order valence-electron chi connectivity index (χ3n) is 5.64. The van der Waals surface area contributed by atoms with Crippen molar-refractivity contribution < 1.29 is 19.0 Å². The van der Waals surface area contributed by atoms with E-state index >= 15 is 0 Å². The number of amides is 1. The van der Waals surface area contributed by atoms with Gasteiger partial charge in [0.25, 0.3) is 0 Å². The molecular weight excluding hydrogens is 370 g/mol. The highest BCUT2D eigenvalue weighted by atomic mass is 16.6. The molecule has 7 nitrogen and oxygen atoms in total. The van der Waals surface area contributed by atoms with Crippen LogP contribution in [0.15, 0.2) is 12.1 Å². The van der Waals surface area contributed by atoms with E-state index in [1.807, 2.05) is 25.7 Å². The molecule has 162 valence electrons. The van der Waals surface area contributed by atoms with Gasteiger partial charge < -0.3 is 29.7 Å². The Bertz CT molecular complexity index is 726. The quantitative estimate of drug-likeness (QED) is 0.774. The summed E-state index contributed by atoms with van der Waals surface area (Å²) in [7, 11) is 1.65. The molecule has 2 aliphatic heterocycles. The smallest absolute Gasteiger partial charge is 0.410 e. The SMILES string of the molecule is COc1cc(N2CCN(C(=O)OC(C)(C)C)C(C)C2)c(C2CCOCC2)cc1N. The highest BCUT2D eigenvalue weighted by Crippen LogP contribution is 2.40. The zero-order valence-corrected chi connectivity index (χ0v) is 18.4. The van der Waals surface area contributed by atoms with Crippen LogP contribution < -0.4 is 15.4 Å². The summed E-state index contributed by atoms with van der Waals surface area (Å²) in [6, 6.07) is 4.16. The topological polar surface area (TPSA) is 77.3 Å². The number of nitrogens with zero attached hydrogens (tertiary/aromatic N) is 2. The number of carbonyl (C=O) groups excluding carboxylic acids is 1. The van der Waals surface area contributed by atoms with E-state index in [9.17, 15) is 4.79 Å². The van der Waals surface area contributed by atoms with Crippen LogP contribution in [0.3, 0.4) is 0 Å². The van der Waals surface area contributed by atoms with Crippen molar-refractivity contribution in [2.45, 2.75) is 58.1 Å². The summed E-state index contributed by atoms with van der Waals surface area (Å²) in [6.07, 6.45) is 1.74. The summed E-state index contributed by atoms with van der Waals surface area (Å²) in [5.41, 5.74) is 8.82. The van der Waals surface area contributed by atoms with E-state index in [1.165, 1.54) is 5.56 Å². The number of hydrogen-bond donors (Lipinski definition) is 1. The molecule has 2 fully saturated rings. The fourth-order valence-corrected chi connectivity index (χ4v) is 4.16. The standard InChI is InChI=1S/C22H35N3O4/c1-15-14-24(8-9-25(15)21(26)29-22(2,3)4)19-13-20(27-5)18(23)12-17(19)16-6-10-28-11-7-16/h12-13,15-16H,6-11,14,23H2,1-5H3. The lowest BCUT2D eigenvalue weighted by Crippen LogP contribution is -2.55. The van der Waals surface area contributed by atoms with Crippen LogP contribution in [-0.4, -0.2) is 62.6 Å². The summed E-state index contributed by atoms with van der Waals surface area (Å²) in [5.74, 6) is 1.11. The Morgan fingerprint density at radius 2 is 1.90 bits per heavy atom. The molecule has 2 saturated heterocycles. The monoisotopic (exact) mass is 405 g/mol. The minimum Gasteiger partial charge on any atom is -0.495 e. The molecule has 0 spiro atoms. The molecule has 0 bridgehead atoms. The van der Waals surface area contributed by atoms with Crippen LogP contribution in [0.1, 0.15) is 52.0 Å². The molecule has 1 atom stereocenters. The van der Waals surface area contributed by atoms with Gasteiger partial charge in [-0.1, -0.05) is 0 Å². The second-order valence-electron chi connectivity index (χ2n) is 9.01. The molecular formula is C22H35N3O4. The number of ether oxygens (including phenoxy) is 3. The first-order chi connectivity index (χ1) is 13.7. The van der Waals surface area contributed by atoms with Gasteiger partial charge in [0, 0.05) is 50.6 Å². The van der Waals surface area contributed by atoms with Crippen LogP contribution in [0.25, 0.3) is 0 Å². The normalized spacial score (nSPS) is 21.2. The van der Waals surface area contributed by atoms with Gasteiger partial charge in [-0.05, 0) is 58.1 Å². The molecule has 3 rings (SSSR count). The van der Waals surface area contributed by atoms with Gasteiger partial charge in [0.05, 0.1) is 12.8 Å². The van der Waals surface area contributed by atoms with Crippen LogP contribution in [0.2, 0.25) is 0 Å². The van der Waals surface area contributed by atoms with Gasteiger partial charge in [0.1, 0.15) is 11.4 Å². The molecule has 0 aromatic heterocycles. The number of methoxy groups -OCH3 is 1. The number of hydrogen-bond acceptors (Lipinski definition) is 6. The van der Waals surface area contributed by atoms with Crippen molar-refractivity contribution in [1.82, 2.24) is 4.90 Å². The Kier molecular flexibility index (Phi) is 6.46. The fourth-order valence-electron chi connectivity index (χ4n) is 4.16. The van der Waals surface area contributed by atoms with E-state index in [-0.39, 0.29) is 12.1 Å². The van der Waals surface area contributed by atoms with Crippen LogP contribution in [0.4, 0.5) is 16.2 Å². The Balaban J connectivity index is 1.82. The van der Waals surface area contributed by atoms with Crippen molar-refractivity contribution in [3.63, 3.8) is 0 Å². The number of nitrogen functional groups attached to an aromatic ring is 1. The summed E-state index contributed by atoms with van der Waals surface area (Å²) < 4.78 is 16.6. The lowest BCUT2D eigenvalue weighted by atomic mass is 9.89. The number of anilines is 2. The second-order valence-corrected chi connectivity index (χ2v) is 9.01. The molecule has 0 radical (unpaired) electrons. The Labute approximate surface area is 174 Å². The Hall–Kier alpha value is -2.15. The zero-order chi connectivity index (χ0) is 21.2. The van der Waals surface area contributed by atoms with Crippen molar-refractivity contribution in [2.75, 3.05) is 50.6 Å². The van der Waals surface area contributed by atoms with Crippen LogP contribution >= 0.6 is 0 Å². The molecule has 0 aliphatic carbocycles. The van der Waals surface area contributed by atoms with Gasteiger partial charge in [-0.2, -0.15) is 0 Å². The molecule has 1 unspecified atom stereocenters. The van der Waals surface area contributed by atoms with Crippen molar-refractivity contribution in [2.24, 2.45) is 0 Å². The molecule has 0 saturated carbocycles. The number of piperazine rings is 1. The molecule has 29 heavy (non-hydrogen) atoms. The number of rotatable bonds is 3. The summed E-state index contributed by atoms with van der Waals surface area (Å²) in [5, 5.41) is 0. The lowest BCUT2D eigenvalue weighted by molar-refractivity contribution is 0.0158. The van der Waals surface area contributed by atoms with Gasteiger partial charge in [0.2, 0.25) is 0 Å². The van der Waals surface area contributed by atoms with Gasteiger partial charge in [0.15, 0.2) is 0 Å². The summed E-state index contributed by atoms with van der Waals surface area (Å²) >= 11 is 0. The average Bonchev–Trinajstić information content (AvgIpc) is 2.67. The first kappa shape index (κ1) is 21.6. The van der Waals surface area contributed by atoms with E-state index in [0.29, 0.717) is 23.9 Å². The first-order valence-electron chi connectivity index (χ1n) is 10.5. The Morgan fingerprint density at radius 3 is 2.48 bits per heavy atom. The number of nitrogens with two attached hydrogens (primary N) is 1. The van der Waals surface area contributed by atoms with Gasteiger partial charge in [-0.3, -0.25) is 0 Å². The zero-order valence-electron chi connectivity index (χ0n) is 18.4. The highest BCUT2D eigenvalue weighted by Gasteiger charge is 2.33. The molecule has 1 aromatic carbocycles. The van der Waals surface area contributed by atoms with E-state index in [4.69, 9.17) is 19.9 Å². The second kappa shape index (κ2) is 8.69. The predicted octanol–water partition coefficient (Wildman–Crippen LogP) is 3.62. The Morgan fingerprint density at radius 1 is 1.21 bits per heavy atom. The third kappa shape index (κ3) is 5.07. The fraction of sp³-hybridized carbons (Fsp3) is 0.682. The largest absolute Gasteiger partial charge is 0.495 e. The maximum Gasteiger partial charge on any atom is 0.410 e. The number of carbonyl (C=O) groups is 1. The lowest BCUT2D eigenvalue weighted by Gasteiger charge is -2.42. The van der Waals surface area contributed by atoms with Crippen LogP contribution in [-0.2, 0) is 9.47 Å². The molecule has 2 heterocycles. The average molecular weight is 406 g/mol. The number of benzene rings is 1. The van der Waals surface area contributed by atoms with E-state index in [0.717, 1.165) is 44.8 Å². The molecule has 7 heteroatoms. The summed E-state index contributed by atoms with van der Waals surface area (Å²) in [4.78, 5) is 16.7. The first-order valence-corrected chi connectivity index (χ1v) is 10.5. The third-order valence-corrected chi connectivity index (χ3v) is 5.64. The van der Waals surface area contributed by atoms with Crippen molar-refractivity contribution in [1.29, 1.82) is 0 Å². The van der Waals surface area contributed by atoms with Gasteiger partial charge in [-0.25, -0.2) is 4.79 Å². The van der Waals surface area contributed by atoms with Crippen LogP contribution in [0.5, 0.6) is 5.75 Å². The van der Waals surface area contributed by atoms with Gasteiger partial charge >= 0.3 is 6.09 Å². The van der Waals surface area contributed by atoms with E-state index in [2.05, 4.69) is 24.0 Å². The van der Waals surface area contributed by atoms with Crippen LogP contribution in [0, 0.1) is 0 Å². The van der Waals surface area contributed by atoms with E-state index in [1.54, 1.807) is 7.11 Å². The predicted molar refractivity (Wildman–Crippen MR) is 115 cm³/mol. The minimum atomic E-state index is -0.492. The molecule has 1 aromatic rings. The maximum atomic E-state index is 12.6. The highest BCUT2D eigenvalue weighted by molar-refractivity contribution is 5.71. The maximum absolute atomic E-state index is 12.6.